The lowest BCUT2D eigenvalue weighted by Gasteiger charge is -2.25. The van der Waals surface area contributed by atoms with Gasteiger partial charge in [0.05, 0.1) is 10.6 Å². The van der Waals surface area contributed by atoms with Gasteiger partial charge in [0.25, 0.3) is 5.91 Å². The standard InChI is InChI=1S/C16H15Cl3N2O.ClH/c1-10(20)9-21(13-5-2-11(17)3-6-13)16(22)14-7-4-12(18)8-15(14)19;/h2-8,10H,9,20H2,1H3;1H. The molecule has 7 heteroatoms. The lowest BCUT2D eigenvalue weighted by Crippen LogP contribution is -2.40. The van der Waals surface area contributed by atoms with Crippen molar-refractivity contribution in [1.82, 2.24) is 0 Å². The first kappa shape index (κ1) is 20.1. The number of amides is 1. The van der Waals surface area contributed by atoms with Gasteiger partial charge in [-0.05, 0) is 49.4 Å². The quantitative estimate of drug-likeness (QED) is 0.788. The highest BCUT2D eigenvalue weighted by molar-refractivity contribution is 6.37. The Morgan fingerprint density at radius 2 is 1.65 bits per heavy atom. The van der Waals surface area contributed by atoms with Crippen LogP contribution in [0.4, 0.5) is 5.69 Å². The van der Waals surface area contributed by atoms with Gasteiger partial charge >= 0.3 is 0 Å². The van der Waals surface area contributed by atoms with E-state index in [0.717, 1.165) is 0 Å². The summed E-state index contributed by atoms with van der Waals surface area (Å²) in [5.41, 5.74) is 6.95. The number of hydrogen-bond donors (Lipinski definition) is 1. The molecular weight excluding hydrogens is 378 g/mol. The van der Waals surface area contributed by atoms with Crippen LogP contribution in [0.5, 0.6) is 0 Å². The van der Waals surface area contributed by atoms with Crippen molar-refractivity contribution in [3.05, 3.63) is 63.1 Å². The molecule has 23 heavy (non-hydrogen) atoms. The van der Waals surface area contributed by atoms with Crippen molar-refractivity contribution in [1.29, 1.82) is 0 Å². The average molecular weight is 394 g/mol. The van der Waals surface area contributed by atoms with E-state index in [-0.39, 0.29) is 24.4 Å². The van der Waals surface area contributed by atoms with Gasteiger partial charge in [0.1, 0.15) is 0 Å². The van der Waals surface area contributed by atoms with Crippen LogP contribution in [0.2, 0.25) is 15.1 Å². The molecule has 0 aliphatic rings. The number of carbonyl (C=O) groups is 1. The molecule has 0 saturated heterocycles. The Balaban J connectivity index is 0.00000264. The summed E-state index contributed by atoms with van der Waals surface area (Å²) < 4.78 is 0. The first-order valence-electron chi connectivity index (χ1n) is 6.66. The third kappa shape index (κ3) is 5.27. The van der Waals surface area contributed by atoms with Crippen LogP contribution in [-0.2, 0) is 0 Å². The van der Waals surface area contributed by atoms with Crippen molar-refractivity contribution in [3.63, 3.8) is 0 Å². The smallest absolute Gasteiger partial charge is 0.259 e. The third-order valence-corrected chi connectivity index (χ3v) is 3.82. The van der Waals surface area contributed by atoms with Crippen LogP contribution in [-0.4, -0.2) is 18.5 Å². The van der Waals surface area contributed by atoms with Crippen LogP contribution in [0.15, 0.2) is 42.5 Å². The first-order chi connectivity index (χ1) is 10.4. The van der Waals surface area contributed by atoms with E-state index in [4.69, 9.17) is 40.5 Å². The molecule has 0 spiro atoms. The predicted octanol–water partition coefficient (Wildman–Crippen LogP) is 5.06. The molecule has 0 aliphatic heterocycles. The zero-order valence-electron chi connectivity index (χ0n) is 12.3. The highest BCUT2D eigenvalue weighted by Crippen LogP contribution is 2.25. The number of nitrogens with two attached hydrogens (primary N) is 1. The monoisotopic (exact) mass is 392 g/mol. The van der Waals surface area contributed by atoms with E-state index in [1.807, 2.05) is 6.92 Å². The van der Waals surface area contributed by atoms with E-state index >= 15 is 0 Å². The molecule has 2 aromatic carbocycles. The summed E-state index contributed by atoms with van der Waals surface area (Å²) in [6.07, 6.45) is 0. The maximum absolute atomic E-state index is 12.8. The molecule has 0 saturated carbocycles. The SMILES string of the molecule is CC(N)CN(C(=O)c1ccc(Cl)cc1Cl)c1ccc(Cl)cc1.Cl. The Bertz CT molecular complexity index is 674. The first-order valence-corrected chi connectivity index (χ1v) is 7.80. The minimum Gasteiger partial charge on any atom is -0.326 e. The molecule has 3 nitrogen and oxygen atoms in total. The molecule has 0 fully saturated rings. The lowest BCUT2D eigenvalue weighted by atomic mass is 10.1. The van der Waals surface area contributed by atoms with Gasteiger partial charge in [-0.2, -0.15) is 0 Å². The number of rotatable bonds is 4. The molecule has 124 valence electrons. The molecule has 0 heterocycles. The van der Waals surface area contributed by atoms with Gasteiger partial charge in [-0.1, -0.05) is 34.8 Å². The fourth-order valence-corrected chi connectivity index (χ4v) is 2.64. The Morgan fingerprint density at radius 3 is 2.17 bits per heavy atom. The summed E-state index contributed by atoms with van der Waals surface area (Å²) in [5.74, 6) is -0.235. The van der Waals surface area contributed by atoms with E-state index in [1.165, 1.54) is 0 Å². The largest absolute Gasteiger partial charge is 0.326 e. The van der Waals surface area contributed by atoms with Crippen molar-refractivity contribution < 1.29 is 4.79 Å². The van der Waals surface area contributed by atoms with Crippen molar-refractivity contribution in [2.24, 2.45) is 5.73 Å². The Hall–Kier alpha value is -0.970. The maximum atomic E-state index is 12.8. The van der Waals surface area contributed by atoms with Crippen LogP contribution in [0.1, 0.15) is 17.3 Å². The molecular formula is C16H16Cl4N2O. The summed E-state index contributed by atoms with van der Waals surface area (Å²) in [6.45, 7) is 2.19. The molecule has 2 rings (SSSR count). The second-order valence-corrected chi connectivity index (χ2v) is 6.27. The molecule has 0 bridgehead atoms. The molecule has 1 amide bonds. The molecule has 0 radical (unpaired) electrons. The molecule has 0 aliphatic carbocycles. The zero-order chi connectivity index (χ0) is 16.3. The van der Waals surface area contributed by atoms with Gasteiger partial charge in [0, 0.05) is 28.3 Å². The van der Waals surface area contributed by atoms with Crippen LogP contribution >= 0.6 is 47.2 Å². The fraction of sp³-hybridized carbons (Fsp3) is 0.188. The number of halogens is 4. The van der Waals surface area contributed by atoms with Gasteiger partial charge in [-0.15, -0.1) is 12.4 Å². The van der Waals surface area contributed by atoms with E-state index in [0.29, 0.717) is 32.9 Å². The Kier molecular flexibility index (Phi) is 7.65. The van der Waals surface area contributed by atoms with Crippen LogP contribution in [0.3, 0.4) is 0 Å². The second-order valence-electron chi connectivity index (χ2n) is 4.99. The Morgan fingerprint density at radius 1 is 1.09 bits per heavy atom. The van der Waals surface area contributed by atoms with Gasteiger partial charge in [0.15, 0.2) is 0 Å². The minimum absolute atomic E-state index is 0. The van der Waals surface area contributed by atoms with Gasteiger partial charge in [0.2, 0.25) is 0 Å². The van der Waals surface area contributed by atoms with Gasteiger partial charge in [-0.3, -0.25) is 4.79 Å². The van der Waals surface area contributed by atoms with Crippen molar-refractivity contribution in [2.75, 3.05) is 11.4 Å². The van der Waals surface area contributed by atoms with Crippen LogP contribution in [0.25, 0.3) is 0 Å². The van der Waals surface area contributed by atoms with Crippen molar-refractivity contribution in [3.8, 4) is 0 Å². The molecule has 1 atom stereocenters. The molecule has 0 aromatic heterocycles. The van der Waals surface area contributed by atoms with E-state index in [1.54, 1.807) is 47.4 Å². The zero-order valence-corrected chi connectivity index (χ0v) is 15.4. The molecule has 1 unspecified atom stereocenters. The summed E-state index contributed by atoms with van der Waals surface area (Å²) in [5, 5.41) is 1.38. The summed E-state index contributed by atoms with van der Waals surface area (Å²) in [7, 11) is 0. The number of benzene rings is 2. The van der Waals surface area contributed by atoms with Crippen LogP contribution in [0, 0.1) is 0 Å². The van der Waals surface area contributed by atoms with E-state index in [2.05, 4.69) is 0 Å². The number of nitrogens with zero attached hydrogens (tertiary/aromatic N) is 1. The van der Waals surface area contributed by atoms with Gasteiger partial charge in [-0.25, -0.2) is 0 Å². The fourth-order valence-electron chi connectivity index (χ4n) is 2.02. The van der Waals surface area contributed by atoms with Gasteiger partial charge < -0.3 is 10.6 Å². The lowest BCUT2D eigenvalue weighted by molar-refractivity contribution is 0.0986. The summed E-state index contributed by atoms with van der Waals surface area (Å²) in [6, 6.07) is 11.6. The second kappa shape index (κ2) is 8.76. The Labute approximate surface area is 156 Å². The minimum atomic E-state index is -0.235. The van der Waals surface area contributed by atoms with Crippen LogP contribution < -0.4 is 10.6 Å². The average Bonchev–Trinajstić information content (AvgIpc) is 2.45. The topological polar surface area (TPSA) is 46.3 Å². The van der Waals surface area contributed by atoms with E-state index < -0.39 is 0 Å². The molecule has 2 N–H and O–H groups in total. The van der Waals surface area contributed by atoms with Crippen molar-refractivity contribution in [2.45, 2.75) is 13.0 Å². The number of carbonyl (C=O) groups excluding carboxylic acids is 1. The number of hydrogen-bond acceptors (Lipinski definition) is 2. The summed E-state index contributed by atoms with van der Waals surface area (Å²) >= 11 is 17.9. The molecule has 2 aromatic rings. The maximum Gasteiger partial charge on any atom is 0.259 e. The highest BCUT2D eigenvalue weighted by Gasteiger charge is 2.21. The summed E-state index contributed by atoms with van der Waals surface area (Å²) in [4.78, 5) is 14.4. The number of anilines is 1. The predicted molar refractivity (Wildman–Crippen MR) is 100 cm³/mol. The van der Waals surface area contributed by atoms with Crippen molar-refractivity contribution >= 4 is 58.8 Å². The third-order valence-electron chi connectivity index (χ3n) is 3.02. The normalized spacial score (nSPS) is 11.5. The highest BCUT2D eigenvalue weighted by atomic mass is 35.5. The van der Waals surface area contributed by atoms with E-state index in [9.17, 15) is 4.79 Å².